The Morgan fingerprint density at radius 2 is 1.72 bits per heavy atom. The average molecular weight is 339 g/mol. The molecule has 2 amide bonds. The van der Waals surface area contributed by atoms with Crippen LogP contribution in [-0.2, 0) is 6.54 Å². The van der Waals surface area contributed by atoms with Crippen LogP contribution in [0.4, 0.5) is 0 Å². The molecule has 0 saturated carbocycles. The van der Waals surface area contributed by atoms with E-state index in [2.05, 4.69) is 10.3 Å². The number of carbonyl (C=O) groups is 2. The summed E-state index contributed by atoms with van der Waals surface area (Å²) >= 11 is 0. The zero-order valence-corrected chi connectivity index (χ0v) is 14.9. The number of pyridine rings is 1. The van der Waals surface area contributed by atoms with Gasteiger partial charge in [0, 0.05) is 31.4 Å². The van der Waals surface area contributed by atoms with Gasteiger partial charge >= 0.3 is 0 Å². The second kappa shape index (κ2) is 9.57. The Balaban J connectivity index is 2.06. The van der Waals surface area contributed by atoms with Crippen LogP contribution in [0.2, 0.25) is 0 Å². The number of hydrogen-bond acceptors (Lipinski definition) is 3. The molecule has 0 saturated heterocycles. The highest BCUT2D eigenvalue weighted by atomic mass is 16.2. The van der Waals surface area contributed by atoms with Crippen molar-refractivity contribution in [3.8, 4) is 0 Å². The predicted molar refractivity (Wildman–Crippen MR) is 98.3 cm³/mol. The lowest BCUT2D eigenvalue weighted by Gasteiger charge is -2.21. The van der Waals surface area contributed by atoms with Gasteiger partial charge in [0.2, 0.25) is 0 Å². The highest BCUT2D eigenvalue weighted by molar-refractivity contribution is 5.98. The Morgan fingerprint density at radius 1 is 1.04 bits per heavy atom. The minimum Gasteiger partial charge on any atom is -0.347 e. The number of nitrogens with one attached hydrogen (secondary N) is 1. The number of benzene rings is 1. The third-order valence-electron chi connectivity index (χ3n) is 3.81. The van der Waals surface area contributed by atoms with Crippen molar-refractivity contribution in [1.82, 2.24) is 15.2 Å². The molecule has 5 nitrogen and oxygen atoms in total. The third-order valence-corrected chi connectivity index (χ3v) is 3.81. The summed E-state index contributed by atoms with van der Waals surface area (Å²) in [6.45, 7) is 5.95. The monoisotopic (exact) mass is 339 g/mol. The van der Waals surface area contributed by atoms with E-state index in [1.165, 1.54) is 6.20 Å². The van der Waals surface area contributed by atoms with Gasteiger partial charge < -0.3 is 10.2 Å². The molecule has 0 unspecified atom stereocenters. The second-order valence-corrected chi connectivity index (χ2v) is 5.89. The Morgan fingerprint density at radius 3 is 2.36 bits per heavy atom. The fourth-order valence-electron chi connectivity index (χ4n) is 2.59. The number of rotatable bonds is 8. The normalized spacial score (nSPS) is 10.3. The van der Waals surface area contributed by atoms with Gasteiger partial charge in [0.1, 0.15) is 5.69 Å². The van der Waals surface area contributed by atoms with Crippen molar-refractivity contribution < 1.29 is 9.59 Å². The molecule has 2 rings (SSSR count). The molecule has 0 atom stereocenters. The number of nitrogens with zero attached hydrogens (tertiary/aromatic N) is 2. The summed E-state index contributed by atoms with van der Waals surface area (Å²) in [5.41, 5.74) is 1.77. The van der Waals surface area contributed by atoms with Crippen molar-refractivity contribution in [1.29, 1.82) is 0 Å². The van der Waals surface area contributed by atoms with Crippen LogP contribution >= 0.6 is 0 Å². The van der Waals surface area contributed by atoms with Crippen molar-refractivity contribution in [2.75, 3.05) is 13.1 Å². The molecule has 1 heterocycles. The van der Waals surface area contributed by atoms with Crippen LogP contribution in [0.25, 0.3) is 0 Å². The molecule has 0 radical (unpaired) electrons. The zero-order valence-electron chi connectivity index (χ0n) is 14.9. The first-order chi connectivity index (χ1) is 12.2. The minimum atomic E-state index is -0.281. The summed E-state index contributed by atoms with van der Waals surface area (Å²) in [6.07, 6.45) is 3.32. The van der Waals surface area contributed by atoms with Crippen LogP contribution < -0.4 is 5.32 Å². The van der Waals surface area contributed by atoms with Crippen molar-refractivity contribution in [2.24, 2.45) is 0 Å². The maximum Gasteiger partial charge on any atom is 0.270 e. The smallest absolute Gasteiger partial charge is 0.270 e. The van der Waals surface area contributed by atoms with Crippen LogP contribution in [0.5, 0.6) is 0 Å². The van der Waals surface area contributed by atoms with Gasteiger partial charge in [-0.25, -0.2) is 0 Å². The molecular weight excluding hydrogens is 314 g/mol. The molecule has 132 valence electrons. The molecule has 0 bridgehead atoms. The van der Waals surface area contributed by atoms with Crippen LogP contribution in [0, 0.1) is 0 Å². The molecule has 1 aromatic carbocycles. The summed E-state index contributed by atoms with van der Waals surface area (Å²) in [4.78, 5) is 30.9. The lowest BCUT2D eigenvalue weighted by Crippen LogP contribution is -2.33. The molecule has 25 heavy (non-hydrogen) atoms. The van der Waals surface area contributed by atoms with Gasteiger partial charge in [-0.3, -0.25) is 14.6 Å². The SMILES string of the molecule is CCCN(CCC)C(=O)c1ccnc(C(=O)NCc2ccccc2)c1. The van der Waals surface area contributed by atoms with Crippen molar-refractivity contribution >= 4 is 11.8 Å². The van der Waals surface area contributed by atoms with E-state index in [1.54, 1.807) is 12.1 Å². The molecule has 0 aliphatic heterocycles. The highest BCUT2D eigenvalue weighted by Crippen LogP contribution is 2.08. The molecule has 5 heteroatoms. The predicted octanol–water partition coefficient (Wildman–Crippen LogP) is 3.27. The van der Waals surface area contributed by atoms with Crippen molar-refractivity contribution in [3.05, 3.63) is 65.5 Å². The molecule has 1 N–H and O–H groups in total. The van der Waals surface area contributed by atoms with Gasteiger partial charge in [0.15, 0.2) is 0 Å². The van der Waals surface area contributed by atoms with Crippen LogP contribution in [0.1, 0.15) is 53.1 Å². The number of carbonyl (C=O) groups excluding carboxylic acids is 2. The van der Waals surface area contributed by atoms with Gasteiger partial charge in [-0.2, -0.15) is 0 Å². The first-order valence-corrected chi connectivity index (χ1v) is 8.73. The Labute approximate surface area is 149 Å². The summed E-state index contributed by atoms with van der Waals surface area (Å²) in [7, 11) is 0. The van der Waals surface area contributed by atoms with E-state index in [0.29, 0.717) is 25.2 Å². The first-order valence-electron chi connectivity index (χ1n) is 8.73. The molecule has 0 spiro atoms. The van der Waals surface area contributed by atoms with Gasteiger partial charge in [-0.1, -0.05) is 44.2 Å². The standard InChI is InChI=1S/C20H25N3O2/c1-3-12-23(13-4-2)20(25)17-10-11-21-18(14-17)19(24)22-15-16-8-6-5-7-9-16/h5-11,14H,3-4,12-13,15H2,1-2H3,(H,22,24). The van der Waals surface area contributed by atoms with Crippen LogP contribution in [0.3, 0.4) is 0 Å². The maximum absolute atomic E-state index is 12.6. The molecular formula is C20H25N3O2. The third kappa shape index (κ3) is 5.41. The summed E-state index contributed by atoms with van der Waals surface area (Å²) < 4.78 is 0. The fraction of sp³-hybridized carbons (Fsp3) is 0.350. The molecule has 1 aromatic heterocycles. The molecule has 0 aliphatic carbocycles. The van der Waals surface area contributed by atoms with Gasteiger partial charge in [-0.05, 0) is 30.5 Å². The lowest BCUT2D eigenvalue weighted by molar-refractivity contribution is 0.0755. The van der Waals surface area contributed by atoms with E-state index >= 15 is 0 Å². The topological polar surface area (TPSA) is 62.3 Å². The molecule has 2 aromatic rings. The Kier molecular flexibility index (Phi) is 7.14. The lowest BCUT2D eigenvalue weighted by atomic mass is 10.1. The van der Waals surface area contributed by atoms with Crippen LogP contribution in [0.15, 0.2) is 48.7 Å². The number of aromatic nitrogens is 1. The van der Waals surface area contributed by atoms with Crippen LogP contribution in [-0.4, -0.2) is 34.8 Å². The molecule has 0 fully saturated rings. The number of amides is 2. The van der Waals surface area contributed by atoms with E-state index in [1.807, 2.05) is 49.1 Å². The second-order valence-electron chi connectivity index (χ2n) is 5.89. The minimum absolute atomic E-state index is 0.0526. The van der Waals surface area contributed by atoms with Gasteiger partial charge in [-0.15, -0.1) is 0 Å². The van der Waals surface area contributed by atoms with Gasteiger partial charge in [0.05, 0.1) is 0 Å². The van der Waals surface area contributed by atoms with Crippen molar-refractivity contribution in [3.63, 3.8) is 0 Å². The van der Waals surface area contributed by atoms with E-state index in [9.17, 15) is 9.59 Å². The fourth-order valence-corrected chi connectivity index (χ4v) is 2.59. The van der Waals surface area contributed by atoms with Gasteiger partial charge in [0.25, 0.3) is 11.8 Å². The largest absolute Gasteiger partial charge is 0.347 e. The maximum atomic E-state index is 12.6. The summed E-state index contributed by atoms with van der Waals surface area (Å²) in [6, 6.07) is 12.9. The number of hydrogen-bond donors (Lipinski definition) is 1. The Hall–Kier alpha value is -2.69. The molecule has 0 aliphatic rings. The van der Waals surface area contributed by atoms with E-state index in [0.717, 1.165) is 18.4 Å². The summed E-state index contributed by atoms with van der Waals surface area (Å²) in [5, 5.41) is 2.83. The zero-order chi connectivity index (χ0) is 18.1. The average Bonchev–Trinajstić information content (AvgIpc) is 2.66. The Bertz CT molecular complexity index is 695. The van der Waals surface area contributed by atoms with Crippen molar-refractivity contribution in [2.45, 2.75) is 33.2 Å². The quantitative estimate of drug-likeness (QED) is 0.803. The van der Waals surface area contributed by atoms with E-state index < -0.39 is 0 Å². The highest BCUT2D eigenvalue weighted by Gasteiger charge is 2.16. The summed E-state index contributed by atoms with van der Waals surface area (Å²) in [5.74, 6) is -0.334. The van der Waals surface area contributed by atoms with E-state index in [4.69, 9.17) is 0 Å². The first kappa shape index (κ1) is 18.6. The van der Waals surface area contributed by atoms with E-state index in [-0.39, 0.29) is 17.5 Å².